The minimum Gasteiger partial charge on any atom is -0.319 e. The van der Waals surface area contributed by atoms with E-state index in [4.69, 9.17) is 0 Å². The van der Waals surface area contributed by atoms with Crippen molar-refractivity contribution in [3.05, 3.63) is 6.43 Å². The van der Waals surface area contributed by atoms with Crippen molar-refractivity contribution in [2.24, 2.45) is 0 Å². The van der Waals surface area contributed by atoms with Crippen LogP contribution in [0.4, 0.5) is 17.6 Å². The topological polar surface area (TPSA) is 9.23 Å². The Bertz CT molecular complexity index is 71.7. The van der Waals surface area contributed by atoms with Crippen LogP contribution in [0.25, 0.3) is 0 Å². The van der Waals surface area contributed by atoms with Gasteiger partial charge in [0.25, 0.3) is 0 Å². The van der Waals surface area contributed by atoms with E-state index in [-0.39, 0.29) is 0 Å². The van der Waals surface area contributed by atoms with Gasteiger partial charge in [-0.1, -0.05) is 0 Å². The molecule has 0 aliphatic rings. The summed E-state index contributed by atoms with van der Waals surface area (Å²) in [6, 6.07) is 0. The molecule has 0 amide bonds. The highest BCUT2D eigenvalue weighted by atomic mass is 19.3. The molecule has 0 aliphatic carbocycles. The lowest BCUT2D eigenvalue weighted by molar-refractivity contribution is -0.245. The van der Waals surface area contributed by atoms with E-state index in [0.717, 1.165) is 0 Å². The van der Waals surface area contributed by atoms with Crippen molar-refractivity contribution in [2.45, 2.75) is 6.11 Å². The molecule has 0 heterocycles. The highest BCUT2D eigenvalue weighted by Crippen LogP contribution is 2.28. The monoisotopic (exact) mass is 131 g/mol. The van der Waals surface area contributed by atoms with Gasteiger partial charge < -0.3 is 4.74 Å². The van der Waals surface area contributed by atoms with E-state index >= 15 is 0 Å². The Balaban J connectivity index is 3.71. The largest absolute Gasteiger partial charge is 0.425 e. The van der Waals surface area contributed by atoms with Crippen LogP contribution in [0.15, 0.2) is 0 Å². The highest BCUT2D eigenvalue weighted by molar-refractivity contribution is 4.71. The molecule has 49 valence electrons. The summed E-state index contributed by atoms with van der Waals surface area (Å²) in [7, 11) is 0.499. The Hall–Kier alpha value is -0.320. The molecule has 0 atom stereocenters. The van der Waals surface area contributed by atoms with Crippen molar-refractivity contribution in [2.75, 3.05) is 7.11 Å². The summed E-state index contributed by atoms with van der Waals surface area (Å²) in [4.78, 5) is 0. The van der Waals surface area contributed by atoms with Gasteiger partial charge in [-0.05, 0) is 0 Å². The number of rotatable bonds is 2. The molecule has 0 rings (SSSR count). The first kappa shape index (κ1) is 7.68. The van der Waals surface area contributed by atoms with Gasteiger partial charge in [0, 0.05) is 7.11 Å². The third-order valence-electron chi connectivity index (χ3n) is 0.476. The molecule has 0 fully saturated rings. The second kappa shape index (κ2) is 2.30. The van der Waals surface area contributed by atoms with E-state index in [0.29, 0.717) is 7.11 Å². The van der Waals surface area contributed by atoms with Crippen molar-refractivity contribution in [1.29, 1.82) is 0 Å². The number of alkyl halides is 2. The molecular formula is C3H3F4O. The standard InChI is InChI=1S/C3H3F4O/c1-8-3(6,7)2(4)5/h1H3. The van der Waals surface area contributed by atoms with Crippen molar-refractivity contribution >= 4 is 0 Å². The average molecular weight is 131 g/mol. The molecule has 1 nitrogen and oxygen atoms in total. The van der Waals surface area contributed by atoms with E-state index in [1.807, 2.05) is 0 Å². The maximum Gasteiger partial charge on any atom is 0.425 e. The fourth-order valence-corrected chi connectivity index (χ4v) is 0.0772. The Morgan fingerprint density at radius 3 is 1.75 bits per heavy atom. The molecule has 0 aromatic rings. The van der Waals surface area contributed by atoms with E-state index < -0.39 is 12.5 Å². The number of halogens is 4. The van der Waals surface area contributed by atoms with E-state index in [1.54, 1.807) is 0 Å². The van der Waals surface area contributed by atoms with Gasteiger partial charge in [0.15, 0.2) is 0 Å². The lowest BCUT2D eigenvalue weighted by atomic mass is 10.7. The number of ether oxygens (including phenoxy) is 1. The number of hydrogen-bond acceptors (Lipinski definition) is 1. The molecule has 0 aromatic heterocycles. The zero-order chi connectivity index (χ0) is 6.78. The lowest BCUT2D eigenvalue weighted by Crippen LogP contribution is -2.22. The first-order valence-electron chi connectivity index (χ1n) is 1.62. The molecule has 5 heteroatoms. The van der Waals surface area contributed by atoms with Crippen molar-refractivity contribution < 1.29 is 22.3 Å². The normalized spacial score (nSPS) is 12.8. The fraction of sp³-hybridized carbons (Fsp3) is 0.667. The van der Waals surface area contributed by atoms with Crippen LogP contribution in [0.5, 0.6) is 0 Å². The zero-order valence-electron chi connectivity index (χ0n) is 3.92. The SMILES string of the molecule is COC(F)(F)[C](F)F. The van der Waals surface area contributed by atoms with Crippen molar-refractivity contribution in [3.63, 3.8) is 0 Å². The molecule has 8 heavy (non-hydrogen) atoms. The van der Waals surface area contributed by atoms with Crippen LogP contribution in [0.2, 0.25) is 0 Å². The molecule has 0 spiro atoms. The predicted molar refractivity (Wildman–Crippen MR) is 17.4 cm³/mol. The second-order valence-corrected chi connectivity index (χ2v) is 0.981. The van der Waals surface area contributed by atoms with Crippen LogP contribution < -0.4 is 0 Å². The Morgan fingerprint density at radius 1 is 1.38 bits per heavy atom. The summed E-state index contributed by atoms with van der Waals surface area (Å²) in [5.41, 5.74) is 0. The van der Waals surface area contributed by atoms with E-state index in [1.165, 1.54) is 0 Å². The van der Waals surface area contributed by atoms with Crippen LogP contribution in [-0.2, 0) is 4.74 Å². The summed E-state index contributed by atoms with van der Waals surface area (Å²) in [6.45, 7) is 0. The molecule has 0 bridgehead atoms. The van der Waals surface area contributed by atoms with Gasteiger partial charge in [-0.2, -0.15) is 17.6 Å². The van der Waals surface area contributed by atoms with E-state index in [9.17, 15) is 17.6 Å². The molecule has 0 unspecified atom stereocenters. The van der Waals surface area contributed by atoms with Crippen LogP contribution in [0, 0.1) is 6.43 Å². The Labute approximate surface area is 43.2 Å². The van der Waals surface area contributed by atoms with Crippen LogP contribution >= 0.6 is 0 Å². The molecule has 0 aliphatic heterocycles. The maximum absolute atomic E-state index is 11.3. The first-order valence-corrected chi connectivity index (χ1v) is 1.62. The quantitative estimate of drug-likeness (QED) is 0.518. The molecular weight excluding hydrogens is 128 g/mol. The third-order valence-corrected chi connectivity index (χ3v) is 0.476. The summed E-state index contributed by atoms with van der Waals surface area (Å²) in [5, 5.41) is 0. The molecule has 0 saturated carbocycles. The van der Waals surface area contributed by atoms with Gasteiger partial charge in [0.2, 0.25) is 0 Å². The van der Waals surface area contributed by atoms with Crippen molar-refractivity contribution in [3.8, 4) is 0 Å². The summed E-state index contributed by atoms with van der Waals surface area (Å²) in [5.74, 6) is 0. The van der Waals surface area contributed by atoms with Gasteiger partial charge in [-0.15, -0.1) is 0 Å². The van der Waals surface area contributed by atoms with Gasteiger partial charge in [-0.3, -0.25) is 0 Å². The lowest BCUT2D eigenvalue weighted by Gasteiger charge is -2.08. The van der Waals surface area contributed by atoms with Crippen molar-refractivity contribution in [1.82, 2.24) is 0 Å². The van der Waals surface area contributed by atoms with Gasteiger partial charge in [-0.25, -0.2) is 0 Å². The van der Waals surface area contributed by atoms with Crippen LogP contribution in [-0.4, -0.2) is 13.2 Å². The first-order chi connectivity index (χ1) is 3.50. The fourth-order valence-electron chi connectivity index (χ4n) is 0.0772. The summed E-state index contributed by atoms with van der Waals surface area (Å²) < 4.78 is 47.3. The maximum atomic E-state index is 11.3. The average Bonchev–Trinajstić information content (AvgIpc) is 1.67. The minimum absolute atomic E-state index is 0.499. The van der Waals surface area contributed by atoms with Gasteiger partial charge >= 0.3 is 12.5 Å². The molecule has 0 aromatic carbocycles. The molecule has 1 radical (unpaired) electrons. The number of hydrogen-bond donors (Lipinski definition) is 0. The minimum atomic E-state index is -4.38. The second-order valence-electron chi connectivity index (χ2n) is 0.981. The van der Waals surface area contributed by atoms with Gasteiger partial charge in [0.05, 0.1) is 0 Å². The van der Waals surface area contributed by atoms with Crippen LogP contribution in [0.3, 0.4) is 0 Å². The molecule has 0 N–H and O–H groups in total. The smallest absolute Gasteiger partial charge is 0.319 e. The zero-order valence-corrected chi connectivity index (χ0v) is 3.92. The Morgan fingerprint density at radius 2 is 1.75 bits per heavy atom. The Kier molecular flexibility index (Phi) is 2.21. The highest BCUT2D eigenvalue weighted by Gasteiger charge is 2.43. The van der Waals surface area contributed by atoms with E-state index in [2.05, 4.69) is 4.74 Å². The predicted octanol–water partition coefficient (Wildman–Crippen LogP) is 1.65. The number of methoxy groups -OCH3 is 1. The summed E-state index contributed by atoms with van der Waals surface area (Å²) >= 11 is 0. The third kappa shape index (κ3) is 1.65. The van der Waals surface area contributed by atoms with Gasteiger partial charge in [0.1, 0.15) is 0 Å². The van der Waals surface area contributed by atoms with Crippen LogP contribution in [0.1, 0.15) is 0 Å². The summed E-state index contributed by atoms with van der Waals surface area (Å²) in [6.07, 6.45) is -7.40. The molecule has 0 saturated heterocycles.